The van der Waals surface area contributed by atoms with Gasteiger partial charge in [0, 0.05) is 0 Å². The first-order valence-electron chi connectivity index (χ1n) is 3.51. The van der Waals surface area contributed by atoms with E-state index in [1.54, 1.807) is 12.1 Å². The summed E-state index contributed by atoms with van der Waals surface area (Å²) in [4.78, 5) is 0. The second-order valence-corrected chi connectivity index (χ2v) is 2.46. The summed E-state index contributed by atoms with van der Waals surface area (Å²) in [7, 11) is -10.1. The molecular weight excluding hydrogens is 283 g/mol. The molecule has 0 unspecified atom stereocenters. The molecule has 0 fully saturated rings. The van der Waals surface area contributed by atoms with Gasteiger partial charge in [-0.15, -0.1) is 23.2 Å². The van der Waals surface area contributed by atoms with Crippen molar-refractivity contribution in [2.45, 2.75) is 0 Å². The van der Waals surface area contributed by atoms with Gasteiger partial charge in [0.25, 0.3) is 0 Å². The van der Waals surface area contributed by atoms with Crippen molar-refractivity contribution in [1.82, 2.24) is 0 Å². The maximum absolute atomic E-state index is 11.0. The van der Waals surface area contributed by atoms with Gasteiger partial charge < -0.3 is 25.9 Å². The summed E-state index contributed by atoms with van der Waals surface area (Å²) >= 11 is 9.63. The van der Waals surface area contributed by atoms with Crippen LogP contribution < -0.4 is 0 Å². The summed E-state index contributed by atoms with van der Waals surface area (Å²) in [6, 6.07) is 3.16. The molecule has 92 valence electrons. The van der Waals surface area contributed by atoms with Crippen LogP contribution in [0.3, 0.4) is 0 Å². The van der Waals surface area contributed by atoms with Crippen molar-refractivity contribution in [2.24, 2.45) is 0 Å². The van der Waals surface area contributed by atoms with E-state index in [9.17, 15) is 25.9 Å². The number of rotatable bonds is 0. The molecule has 0 aromatic carbocycles. The van der Waals surface area contributed by atoms with E-state index in [0.29, 0.717) is 0 Å². The van der Waals surface area contributed by atoms with Crippen molar-refractivity contribution in [3.8, 4) is 12.1 Å². The second kappa shape index (κ2) is 8.43. The standard InChI is InChI=1S/2C2H2BClF3N/c2*4-1-2-8-3(5,6)7/h2*1H2. The molecule has 0 saturated heterocycles. The van der Waals surface area contributed by atoms with Crippen LogP contribution in [-0.4, -0.2) is 26.0 Å². The largest absolute Gasteiger partial charge is 0.930 e. The third-order valence-corrected chi connectivity index (χ3v) is 0.834. The summed E-state index contributed by atoms with van der Waals surface area (Å²) < 4.78 is 70.2. The molecule has 12 heteroatoms. The highest BCUT2D eigenvalue weighted by molar-refractivity contribution is 6.62. The van der Waals surface area contributed by atoms with Crippen molar-refractivity contribution in [1.29, 1.82) is 0 Å². The van der Waals surface area contributed by atoms with Gasteiger partial charge in [0.05, 0.1) is 0 Å². The van der Waals surface area contributed by atoms with Gasteiger partial charge in [-0.2, -0.15) is 0 Å². The molecule has 0 amide bonds. The Hall–Kier alpha value is -0.730. The lowest BCUT2D eigenvalue weighted by Crippen LogP contribution is -2.06. The lowest BCUT2D eigenvalue weighted by Gasteiger charge is -1.84. The van der Waals surface area contributed by atoms with Crippen LogP contribution in [0.5, 0.6) is 0 Å². The summed E-state index contributed by atoms with van der Waals surface area (Å²) in [6.45, 7) is 0. The average molecular weight is 287 g/mol. The SMILES string of the molecule is F[B-](F)(F)[N+]#CCCl.F[B-](F)(F)[N+]#CCCl. The molecule has 0 aromatic rings. The van der Waals surface area contributed by atoms with Gasteiger partial charge >= 0.3 is 14.2 Å². The number of halogens is 8. The van der Waals surface area contributed by atoms with Crippen molar-refractivity contribution in [3.05, 3.63) is 9.51 Å². The van der Waals surface area contributed by atoms with E-state index in [1.807, 2.05) is 0 Å². The molecule has 0 saturated carbocycles. The smallest absolute Gasteiger partial charge is 0.363 e. The van der Waals surface area contributed by atoms with E-state index in [0.717, 1.165) is 0 Å². The Morgan fingerprint density at radius 3 is 1.06 bits per heavy atom. The van der Waals surface area contributed by atoms with Crippen molar-refractivity contribution in [3.63, 3.8) is 0 Å². The molecular formula is C4H4B2Cl2F6N2. The van der Waals surface area contributed by atoms with Gasteiger partial charge in [0.2, 0.25) is 12.1 Å². The van der Waals surface area contributed by atoms with Crippen LogP contribution in [0.15, 0.2) is 0 Å². The lowest BCUT2D eigenvalue weighted by molar-refractivity contribution is 0.495. The number of alkyl halides is 2. The fraction of sp³-hybridized carbons (Fsp3) is 0.500. The second-order valence-electron chi connectivity index (χ2n) is 1.92. The van der Waals surface area contributed by atoms with E-state index < -0.39 is 14.2 Å². The molecule has 0 aliphatic heterocycles. The van der Waals surface area contributed by atoms with Gasteiger partial charge in [0.15, 0.2) is 0 Å². The molecule has 0 N–H and O–H groups in total. The van der Waals surface area contributed by atoms with E-state index >= 15 is 0 Å². The van der Waals surface area contributed by atoms with Gasteiger partial charge in [0.1, 0.15) is 11.8 Å². The molecule has 0 atom stereocenters. The van der Waals surface area contributed by atoms with Crippen LogP contribution in [0.1, 0.15) is 0 Å². The predicted molar refractivity (Wildman–Crippen MR) is 54.1 cm³/mol. The van der Waals surface area contributed by atoms with Crippen LogP contribution >= 0.6 is 23.2 Å². The predicted octanol–water partition coefficient (Wildman–Crippen LogP) is 3.80. The van der Waals surface area contributed by atoms with Gasteiger partial charge in [-0.05, 0) is 0 Å². The number of hydrogen-bond donors (Lipinski definition) is 0. The van der Waals surface area contributed by atoms with Crippen LogP contribution in [0, 0.1) is 12.1 Å². The van der Waals surface area contributed by atoms with E-state index in [1.165, 1.54) is 0 Å². The maximum atomic E-state index is 11.0. The fourth-order valence-corrected chi connectivity index (χ4v) is 0.414. The van der Waals surface area contributed by atoms with E-state index in [-0.39, 0.29) is 11.8 Å². The monoisotopic (exact) mass is 286 g/mol. The Balaban J connectivity index is 0. The highest BCUT2D eigenvalue weighted by Gasteiger charge is 2.42. The van der Waals surface area contributed by atoms with Crippen LogP contribution in [0.4, 0.5) is 25.9 Å². The van der Waals surface area contributed by atoms with Gasteiger partial charge in [-0.1, -0.05) is 0 Å². The molecule has 16 heavy (non-hydrogen) atoms. The summed E-state index contributed by atoms with van der Waals surface area (Å²) in [5, 5.41) is 0. The summed E-state index contributed by atoms with van der Waals surface area (Å²) in [6.07, 6.45) is 0. The van der Waals surface area contributed by atoms with Crippen molar-refractivity contribution < 1.29 is 25.9 Å². The maximum Gasteiger partial charge on any atom is 0.930 e. The van der Waals surface area contributed by atoms with E-state index in [2.05, 4.69) is 9.51 Å². The Labute approximate surface area is 97.3 Å². The van der Waals surface area contributed by atoms with Gasteiger partial charge in [-0.25, -0.2) is 9.51 Å². The molecule has 0 aliphatic carbocycles. The molecule has 0 rings (SSSR count). The Morgan fingerprint density at radius 2 is 1.00 bits per heavy atom. The fourth-order valence-electron chi connectivity index (χ4n) is 0.276. The highest BCUT2D eigenvalue weighted by Crippen LogP contribution is 2.08. The Morgan fingerprint density at radius 1 is 0.750 bits per heavy atom. The lowest BCUT2D eigenvalue weighted by atomic mass is 10.2. The van der Waals surface area contributed by atoms with E-state index in [4.69, 9.17) is 23.2 Å². The van der Waals surface area contributed by atoms with Crippen molar-refractivity contribution in [2.75, 3.05) is 11.8 Å². The minimum Gasteiger partial charge on any atom is -0.363 e. The third-order valence-electron chi connectivity index (χ3n) is 0.595. The molecule has 2 nitrogen and oxygen atoms in total. The summed E-state index contributed by atoms with van der Waals surface area (Å²) in [5.74, 6) is -0.636. The first-order chi connectivity index (χ1) is 7.12. The quantitative estimate of drug-likeness (QED) is 0.364. The first-order valence-corrected chi connectivity index (χ1v) is 4.58. The molecule has 0 radical (unpaired) electrons. The molecule has 0 spiro atoms. The average Bonchev–Trinajstić information content (AvgIpc) is 2.10. The zero-order valence-corrected chi connectivity index (χ0v) is 9.00. The minimum absolute atomic E-state index is 0.318. The Kier molecular flexibility index (Phi) is 9.30. The Bertz CT molecular complexity index is 275. The molecule has 0 aliphatic rings. The molecule has 0 aromatic heterocycles. The van der Waals surface area contributed by atoms with Crippen LogP contribution in [0.2, 0.25) is 0 Å². The molecule has 0 heterocycles. The van der Waals surface area contributed by atoms with Crippen molar-refractivity contribution >= 4 is 37.4 Å². The van der Waals surface area contributed by atoms with Crippen LogP contribution in [-0.2, 0) is 0 Å². The minimum atomic E-state index is -5.07. The normalized spacial score (nSPS) is 10.0. The topological polar surface area (TPSA) is 8.72 Å². The number of nitrogens with zero attached hydrogens (tertiary/aromatic N) is 2. The number of hydrogen-bond acceptors (Lipinski definition) is 0. The zero-order valence-electron chi connectivity index (χ0n) is 7.49. The van der Waals surface area contributed by atoms with Crippen LogP contribution in [0.25, 0.3) is 9.51 Å². The summed E-state index contributed by atoms with van der Waals surface area (Å²) in [5.41, 5.74) is 0. The third kappa shape index (κ3) is 23.2. The first kappa shape index (κ1) is 17.7. The zero-order chi connectivity index (χ0) is 13.2. The molecule has 0 bridgehead atoms. The highest BCUT2D eigenvalue weighted by atomic mass is 35.5. The van der Waals surface area contributed by atoms with Gasteiger partial charge in [-0.3, -0.25) is 0 Å².